The lowest BCUT2D eigenvalue weighted by Gasteiger charge is -2.13. The summed E-state index contributed by atoms with van der Waals surface area (Å²) in [4.78, 5) is 15.0. The summed E-state index contributed by atoms with van der Waals surface area (Å²) in [5, 5.41) is 4.08. The molecule has 4 nitrogen and oxygen atoms in total. The number of amides is 1. The van der Waals surface area contributed by atoms with Crippen molar-refractivity contribution in [2.24, 2.45) is 5.92 Å². The minimum Gasteiger partial charge on any atom is -0.487 e. The molecule has 1 aliphatic heterocycles. The molecule has 23 heavy (non-hydrogen) atoms. The lowest BCUT2D eigenvalue weighted by molar-refractivity contribution is -0.122. The van der Waals surface area contributed by atoms with Gasteiger partial charge in [-0.2, -0.15) is 0 Å². The largest absolute Gasteiger partial charge is 0.487 e. The van der Waals surface area contributed by atoms with Crippen molar-refractivity contribution in [3.05, 3.63) is 29.2 Å². The van der Waals surface area contributed by atoms with Crippen molar-refractivity contribution < 1.29 is 13.9 Å². The van der Waals surface area contributed by atoms with Gasteiger partial charge in [-0.15, -0.1) is 0 Å². The molecule has 2 aromatic rings. The molecular formula is C18H21FN2O2. The molecular weight excluding hydrogens is 295 g/mol. The van der Waals surface area contributed by atoms with E-state index in [1.807, 2.05) is 13.1 Å². The van der Waals surface area contributed by atoms with E-state index in [4.69, 9.17) is 4.74 Å². The average Bonchev–Trinajstić information content (AvgIpc) is 3.17. The fourth-order valence-electron chi connectivity index (χ4n) is 3.45. The van der Waals surface area contributed by atoms with E-state index < -0.39 is 0 Å². The van der Waals surface area contributed by atoms with Crippen molar-refractivity contribution in [2.75, 3.05) is 6.54 Å². The third kappa shape index (κ3) is 2.48. The van der Waals surface area contributed by atoms with Crippen LogP contribution in [0.2, 0.25) is 0 Å². The molecule has 1 aliphatic carbocycles. The zero-order chi connectivity index (χ0) is 16.1. The summed E-state index contributed by atoms with van der Waals surface area (Å²) in [5.74, 6) is 0.625. The summed E-state index contributed by atoms with van der Waals surface area (Å²) >= 11 is 0. The monoisotopic (exact) mass is 316 g/mol. The highest BCUT2D eigenvalue weighted by Gasteiger charge is 2.31. The van der Waals surface area contributed by atoms with E-state index in [0.29, 0.717) is 12.3 Å². The van der Waals surface area contributed by atoms with Gasteiger partial charge in [-0.05, 0) is 25.3 Å². The Morgan fingerprint density at radius 2 is 2.30 bits per heavy atom. The number of aromatic nitrogens is 1. The molecule has 2 N–H and O–H groups in total. The van der Waals surface area contributed by atoms with Crippen molar-refractivity contribution in [1.82, 2.24) is 10.3 Å². The van der Waals surface area contributed by atoms with Crippen LogP contribution in [-0.4, -0.2) is 23.5 Å². The fraction of sp³-hybridized carbons (Fsp3) is 0.500. The van der Waals surface area contributed by atoms with Gasteiger partial charge in [0.15, 0.2) is 11.6 Å². The summed E-state index contributed by atoms with van der Waals surface area (Å²) in [6, 6.07) is 1.51. The molecule has 122 valence electrons. The van der Waals surface area contributed by atoms with Crippen LogP contribution >= 0.6 is 0 Å². The van der Waals surface area contributed by atoms with Crippen LogP contribution < -0.4 is 10.1 Å². The van der Waals surface area contributed by atoms with Crippen LogP contribution in [0.1, 0.15) is 43.7 Å². The van der Waals surface area contributed by atoms with Gasteiger partial charge >= 0.3 is 0 Å². The molecule has 1 aromatic heterocycles. The average molecular weight is 316 g/mol. The number of nitrogens with one attached hydrogen (secondary N) is 2. The second kappa shape index (κ2) is 5.25. The van der Waals surface area contributed by atoms with Crippen LogP contribution in [0.3, 0.4) is 0 Å². The molecule has 0 bridgehead atoms. The molecule has 2 atom stereocenters. The Kier molecular flexibility index (Phi) is 3.32. The van der Waals surface area contributed by atoms with E-state index in [-0.39, 0.29) is 29.7 Å². The number of fused-ring (bicyclic) bond motifs is 3. The Hall–Kier alpha value is -2.04. The first-order chi connectivity index (χ1) is 11.0. The summed E-state index contributed by atoms with van der Waals surface area (Å²) < 4.78 is 19.8. The number of aromatic amines is 1. The highest BCUT2D eigenvalue weighted by molar-refractivity contribution is 5.90. The molecule has 2 heterocycles. The molecule has 2 aliphatic rings. The molecule has 2 unspecified atom stereocenters. The van der Waals surface area contributed by atoms with Crippen LogP contribution in [0.4, 0.5) is 4.39 Å². The van der Waals surface area contributed by atoms with Gasteiger partial charge in [0, 0.05) is 53.5 Å². The van der Waals surface area contributed by atoms with Gasteiger partial charge in [0.25, 0.3) is 0 Å². The predicted octanol–water partition coefficient (Wildman–Crippen LogP) is 3.26. The third-order valence-electron chi connectivity index (χ3n) is 4.88. The Morgan fingerprint density at radius 1 is 1.52 bits per heavy atom. The maximum absolute atomic E-state index is 14.2. The summed E-state index contributed by atoms with van der Waals surface area (Å²) in [6.07, 6.45) is 4.67. The number of hydrogen-bond donors (Lipinski definition) is 2. The quantitative estimate of drug-likeness (QED) is 0.909. The predicted molar refractivity (Wildman–Crippen MR) is 86.2 cm³/mol. The standard InChI is InChI=1S/C18H21FN2O2/c1-9(7-21-18(22)11-3-4-11)13-8-20-15-6-14(19)17-12(16(13)15)5-10(2)23-17/h6,8-11,20H,3-5,7H2,1-2H3,(H,21,22). The lowest BCUT2D eigenvalue weighted by atomic mass is 9.95. The van der Waals surface area contributed by atoms with E-state index in [1.54, 1.807) is 0 Å². The summed E-state index contributed by atoms with van der Waals surface area (Å²) in [7, 11) is 0. The second-order valence-corrected chi connectivity index (χ2v) is 6.89. The van der Waals surface area contributed by atoms with Crippen LogP contribution in [0, 0.1) is 11.7 Å². The van der Waals surface area contributed by atoms with Crippen LogP contribution in [-0.2, 0) is 11.2 Å². The van der Waals surface area contributed by atoms with Gasteiger partial charge in [0.05, 0.1) is 0 Å². The first-order valence-corrected chi connectivity index (χ1v) is 8.31. The van der Waals surface area contributed by atoms with Gasteiger partial charge in [0.2, 0.25) is 5.91 Å². The smallest absolute Gasteiger partial charge is 0.223 e. The Balaban J connectivity index is 1.65. The Bertz CT molecular complexity index is 779. The minimum absolute atomic E-state index is 0.00211. The minimum atomic E-state index is -0.306. The molecule has 1 fully saturated rings. The van der Waals surface area contributed by atoms with E-state index in [1.165, 1.54) is 6.07 Å². The Morgan fingerprint density at radius 3 is 3.04 bits per heavy atom. The third-order valence-corrected chi connectivity index (χ3v) is 4.88. The normalized spacial score (nSPS) is 21.1. The molecule has 0 spiro atoms. The van der Waals surface area contributed by atoms with Crippen molar-refractivity contribution in [1.29, 1.82) is 0 Å². The molecule has 5 heteroatoms. The SMILES string of the molecule is CC1Cc2c(c(F)cc3[nH]cc(C(C)CNC(=O)C4CC4)c23)O1. The number of ether oxygens (including phenoxy) is 1. The number of carbonyl (C=O) groups is 1. The first-order valence-electron chi connectivity index (χ1n) is 8.31. The first kappa shape index (κ1) is 14.5. The molecule has 0 radical (unpaired) electrons. The fourth-order valence-corrected chi connectivity index (χ4v) is 3.45. The molecule has 4 rings (SSSR count). The molecule has 1 amide bonds. The van der Waals surface area contributed by atoms with E-state index >= 15 is 0 Å². The van der Waals surface area contributed by atoms with Crippen molar-refractivity contribution in [3.8, 4) is 5.75 Å². The number of rotatable bonds is 4. The van der Waals surface area contributed by atoms with Gasteiger partial charge in [0.1, 0.15) is 6.10 Å². The van der Waals surface area contributed by atoms with Crippen molar-refractivity contribution in [3.63, 3.8) is 0 Å². The maximum Gasteiger partial charge on any atom is 0.223 e. The molecule has 1 saturated carbocycles. The molecule has 1 aromatic carbocycles. The number of hydrogen-bond acceptors (Lipinski definition) is 2. The highest BCUT2D eigenvalue weighted by Crippen LogP contribution is 2.40. The summed E-state index contributed by atoms with van der Waals surface area (Å²) in [6.45, 7) is 4.65. The van der Waals surface area contributed by atoms with E-state index in [9.17, 15) is 9.18 Å². The summed E-state index contributed by atoms with van der Waals surface area (Å²) in [5.41, 5.74) is 2.86. The van der Waals surface area contributed by atoms with Crippen molar-refractivity contribution >= 4 is 16.8 Å². The van der Waals surface area contributed by atoms with Crippen LogP contribution in [0.15, 0.2) is 12.3 Å². The van der Waals surface area contributed by atoms with Gasteiger partial charge < -0.3 is 15.0 Å². The van der Waals surface area contributed by atoms with Crippen molar-refractivity contribution in [2.45, 2.75) is 45.1 Å². The number of benzene rings is 1. The highest BCUT2D eigenvalue weighted by atomic mass is 19.1. The van der Waals surface area contributed by atoms with E-state index in [2.05, 4.69) is 17.2 Å². The Labute approximate surface area is 134 Å². The number of carbonyl (C=O) groups excluding carboxylic acids is 1. The lowest BCUT2D eigenvalue weighted by Crippen LogP contribution is -2.28. The van der Waals surface area contributed by atoms with E-state index in [0.717, 1.165) is 41.3 Å². The zero-order valence-electron chi connectivity index (χ0n) is 13.4. The van der Waals surface area contributed by atoms with Gasteiger partial charge in [-0.3, -0.25) is 4.79 Å². The van der Waals surface area contributed by atoms with Gasteiger partial charge in [-0.25, -0.2) is 4.39 Å². The maximum atomic E-state index is 14.2. The zero-order valence-corrected chi connectivity index (χ0v) is 13.4. The van der Waals surface area contributed by atoms with Gasteiger partial charge in [-0.1, -0.05) is 6.92 Å². The second-order valence-electron chi connectivity index (χ2n) is 6.89. The van der Waals surface area contributed by atoms with Crippen LogP contribution in [0.5, 0.6) is 5.75 Å². The van der Waals surface area contributed by atoms with Crippen LogP contribution in [0.25, 0.3) is 10.9 Å². The number of H-pyrrole nitrogens is 1. The topological polar surface area (TPSA) is 54.1 Å². The molecule has 0 saturated heterocycles. The number of halogens is 1.